The van der Waals surface area contributed by atoms with Gasteiger partial charge in [-0.05, 0) is 23.6 Å². The van der Waals surface area contributed by atoms with Crippen LogP contribution in [-0.2, 0) is 11.2 Å². The van der Waals surface area contributed by atoms with Crippen LogP contribution in [0.25, 0.3) is 0 Å². The van der Waals surface area contributed by atoms with Gasteiger partial charge in [0.2, 0.25) is 5.91 Å². The van der Waals surface area contributed by atoms with E-state index in [4.69, 9.17) is 0 Å². The third-order valence-electron chi connectivity index (χ3n) is 4.19. The van der Waals surface area contributed by atoms with Crippen LogP contribution in [0.15, 0.2) is 54.6 Å². The maximum absolute atomic E-state index is 12.4. The van der Waals surface area contributed by atoms with Gasteiger partial charge >= 0.3 is 0 Å². The van der Waals surface area contributed by atoms with Gasteiger partial charge in [0.15, 0.2) is 0 Å². The van der Waals surface area contributed by atoms with Crippen LogP contribution in [0.4, 0.5) is 0 Å². The van der Waals surface area contributed by atoms with Crippen molar-refractivity contribution >= 4 is 5.91 Å². The second kappa shape index (κ2) is 5.70. The normalized spacial score (nSPS) is 21.6. The minimum absolute atomic E-state index is 0.0537. The summed E-state index contributed by atoms with van der Waals surface area (Å²) < 4.78 is 0. The molecule has 2 aromatic carbocycles. The van der Waals surface area contributed by atoms with Gasteiger partial charge in [-0.15, -0.1) is 0 Å². The molecule has 108 valence electrons. The minimum Gasteiger partial charge on any atom is -0.390 e. The van der Waals surface area contributed by atoms with Crippen LogP contribution in [0, 0.1) is 0 Å². The molecule has 0 bridgehead atoms. The molecule has 1 amide bonds. The Morgan fingerprint density at radius 3 is 2.57 bits per heavy atom. The average Bonchev–Trinajstić information content (AvgIpc) is 2.83. The van der Waals surface area contributed by atoms with E-state index in [9.17, 15) is 9.90 Å². The summed E-state index contributed by atoms with van der Waals surface area (Å²) in [5.74, 6) is -0.284. The Kier molecular flexibility index (Phi) is 3.76. The maximum atomic E-state index is 12.4. The molecule has 0 saturated carbocycles. The molecule has 2 aromatic rings. The van der Waals surface area contributed by atoms with Crippen LogP contribution in [-0.4, -0.2) is 17.1 Å². The fraction of sp³-hybridized carbons (Fsp3) is 0.278. The summed E-state index contributed by atoms with van der Waals surface area (Å²) in [6.07, 6.45) is 0.0511. The van der Waals surface area contributed by atoms with E-state index in [2.05, 4.69) is 5.32 Å². The highest BCUT2D eigenvalue weighted by atomic mass is 16.3. The van der Waals surface area contributed by atoms with Gasteiger partial charge in [0.1, 0.15) is 0 Å². The minimum atomic E-state index is -0.547. The molecule has 21 heavy (non-hydrogen) atoms. The van der Waals surface area contributed by atoms with Crippen molar-refractivity contribution in [3.63, 3.8) is 0 Å². The van der Waals surface area contributed by atoms with Crippen LogP contribution < -0.4 is 5.32 Å². The molecule has 0 aromatic heterocycles. The third-order valence-corrected chi connectivity index (χ3v) is 4.19. The largest absolute Gasteiger partial charge is 0.390 e. The molecule has 3 nitrogen and oxygen atoms in total. The molecule has 3 rings (SSSR count). The molecule has 0 fully saturated rings. The second-order valence-electron chi connectivity index (χ2n) is 5.59. The van der Waals surface area contributed by atoms with E-state index in [0.29, 0.717) is 6.42 Å². The SMILES string of the molecule is C[C@@H](C(=O)N[C@@H]1c2ccccc2C[C@H]1O)c1ccccc1. The van der Waals surface area contributed by atoms with Crippen LogP contribution in [0.1, 0.15) is 35.6 Å². The van der Waals surface area contributed by atoms with Gasteiger partial charge in [0.25, 0.3) is 0 Å². The number of fused-ring (bicyclic) bond motifs is 1. The fourth-order valence-corrected chi connectivity index (χ4v) is 2.92. The van der Waals surface area contributed by atoms with Crippen molar-refractivity contribution in [2.24, 2.45) is 0 Å². The van der Waals surface area contributed by atoms with Crippen LogP contribution in [0.2, 0.25) is 0 Å². The molecule has 0 unspecified atom stereocenters. The Morgan fingerprint density at radius 2 is 1.81 bits per heavy atom. The van der Waals surface area contributed by atoms with Crippen molar-refractivity contribution in [2.75, 3.05) is 0 Å². The molecule has 1 aliphatic rings. The lowest BCUT2D eigenvalue weighted by atomic mass is 9.99. The number of aliphatic hydroxyl groups is 1. The van der Waals surface area contributed by atoms with E-state index in [0.717, 1.165) is 16.7 Å². The first kappa shape index (κ1) is 13.8. The maximum Gasteiger partial charge on any atom is 0.227 e. The van der Waals surface area contributed by atoms with E-state index in [1.165, 1.54) is 0 Å². The number of carbonyl (C=O) groups excluding carboxylic acids is 1. The van der Waals surface area contributed by atoms with Crippen molar-refractivity contribution in [1.29, 1.82) is 0 Å². The number of aliphatic hydroxyl groups excluding tert-OH is 1. The Morgan fingerprint density at radius 1 is 1.14 bits per heavy atom. The Balaban J connectivity index is 1.76. The molecule has 3 atom stereocenters. The van der Waals surface area contributed by atoms with Gasteiger partial charge in [-0.25, -0.2) is 0 Å². The van der Waals surface area contributed by atoms with Crippen LogP contribution in [0.3, 0.4) is 0 Å². The summed E-state index contributed by atoms with van der Waals surface area (Å²) in [6, 6.07) is 17.3. The van der Waals surface area contributed by atoms with Crippen LogP contribution >= 0.6 is 0 Å². The summed E-state index contributed by atoms with van der Waals surface area (Å²) in [6.45, 7) is 1.89. The summed E-state index contributed by atoms with van der Waals surface area (Å²) in [4.78, 5) is 12.4. The number of amides is 1. The summed E-state index contributed by atoms with van der Waals surface area (Å²) in [5.41, 5.74) is 3.12. The lowest BCUT2D eigenvalue weighted by molar-refractivity contribution is -0.123. The standard InChI is InChI=1S/C18H19NO2/c1-12(13-7-3-2-4-8-13)18(21)19-17-15-10-6-5-9-14(15)11-16(17)20/h2-10,12,16-17,20H,11H2,1H3,(H,19,21)/t12-,16-,17-/m1/s1. The highest BCUT2D eigenvalue weighted by molar-refractivity contribution is 5.83. The van der Waals surface area contributed by atoms with Crippen molar-refractivity contribution in [2.45, 2.75) is 31.4 Å². The second-order valence-corrected chi connectivity index (χ2v) is 5.59. The van der Waals surface area contributed by atoms with Gasteiger partial charge in [-0.2, -0.15) is 0 Å². The molecule has 0 saturated heterocycles. The first-order chi connectivity index (χ1) is 10.2. The first-order valence-electron chi connectivity index (χ1n) is 7.28. The predicted octanol–water partition coefficient (Wildman–Crippen LogP) is 2.56. The van der Waals surface area contributed by atoms with Gasteiger partial charge in [-0.3, -0.25) is 4.79 Å². The number of hydrogen-bond donors (Lipinski definition) is 2. The number of benzene rings is 2. The molecule has 0 spiro atoms. The van der Waals surface area contributed by atoms with E-state index in [1.54, 1.807) is 0 Å². The fourth-order valence-electron chi connectivity index (χ4n) is 2.92. The number of hydrogen-bond acceptors (Lipinski definition) is 2. The number of carbonyl (C=O) groups is 1. The molecule has 0 aliphatic heterocycles. The monoisotopic (exact) mass is 281 g/mol. The molecular formula is C18H19NO2. The van der Waals surface area contributed by atoms with Crippen molar-refractivity contribution in [3.8, 4) is 0 Å². The van der Waals surface area contributed by atoms with E-state index in [-0.39, 0.29) is 17.9 Å². The Labute approximate surface area is 124 Å². The van der Waals surface area contributed by atoms with Gasteiger partial charge in [0, 0.05) is 6.42 Å². The van der Waals surface area contributed by atoms with Crippen molar-refractivity contribution in [3.05, 3.63) is 71.3 Å². The predicted molar refractivity (Wildman–Crippen MR) is 81.9 cm³/mol. The lowest BCUT2D eigenvalue weighted by Crippen LogP contribution is -2.36. The Hall–Kier alpha value is -2.13. The highest BCUT2D eigenvalue weighted by Crippen LogP contribution is 2.31. The van der Waals surface area contributed by atoms with E-state index < -0.39 is 6.10 Å². The molecular weight excluding hydrogens is 262 g/mol. The molecule has 1 aliphatic carbocycles. The van der Waals surface area contributed by atoms with Gasteiger partial charge in [-0.1, -0.05) is 54.6 Å². The smallest absolute Gasteiger partial charge is 0.227 e. The van der Waals surface area contributed by atoms with E-state index in [1.807, 2.05) is 61.5 Å². The van der Waals surface area contributed by atoms with E-state index >= 15 is 0 Å². The van der Waals surface area contributed by atoms with Gasteiger partial charge < -0.3 is 10.4 Å². The highest BCUT2D eigenvalue weighted by Gasteiger charge is 2.32. The van der Waals surface area contributed by atoms with Crippen molar-refractivity contribution < 1.29 is 9.90 Å². The Bertz CT molecular complexity index is 639. The third kappa shape index (κ3) is 2.69. The quantitative estimate of drug-likeness (QED) is 0.908. The molecule has 3 heteroatoms. The average molecular weight is 281 g/mol. The zero-order chi connectivity index (χ0) is 14.8. The summed E-state index contributed by atoms with van der Waals surface area (Å²) >= 11 is 0. The zero-order valence-electron chi connectivity index (χ0n) is 12.0. The lowest BCUT2D eigenvalue weighted by Gasteiger charge is -2.21. The summed E-state index contributed by atoms with van der Waals surface area (Å²) in [5, 5.41) is 13.2. The number of nitrogens with one attached hydrogen (secondary N) is 1. The van der Waals surface area contributed by atoms with Crippen molar-refractivity contribution in [1.82, 2.24) is 5.32 Å². The summed E-state index contributed by atoms with van der Waals surface area (Å²) in [7, 11) is 0. The molecule has 0 heterocycles. The first-order valence-corrected chi connectivity index (χ1v) is 7.28. The topological polar surface area (TPSA) is 49.3 Å². The van der Waals surface area contributed by atoms with Crippen LogP contribution in [0.5, 0.6) is 0 Å². The van der Waals surface area contributed by atoms with Gasteiger partial charge in [0.05, 0.1) is 18.1 Å². The zero-order valence-corrected chi connectivity index (χ0v) is 12.0. The molecule has 2 N–H and O–H groups in total. The molecule has 0 radical (unpaired) electrons. The number of rotatable bonds is 3.